The van der Waals surface area contributed by atoms with Crippen LogP contribution in [0.5, 0.6) is 11.5 Å². The van der Waals surface area contributed by atoms with Gasteiger partial charge in [0.25, 0.3) is 9.84 Å². The molecule has 1 aromatic rings. The summed E-state index contributed by atoms with van der Waals surface area (Å²) >= 11 is 0. The fraction of sp³-hybridized carbons (Fsp3) is 0.222. The molecule has 0 aromatic heterocycles. The van der Waals surface area contributed by atoms with Crippen molar-refractivity contribution in [3.63, 3.8) is 0 Å². The van der Waals surface area contributed by atoms with Crippen LogP contribution in [-0.2, 0) is 9.84 Å². The van der Waals surface area contributed by atoms with Gasteiger partial charge in [0.05, 0.1) is 14.2 Å². The maximum atomic E-state index is 11.4. The summed E-state index contributed by atoms with van der Waals surface area (Å²) in [7, 11) is -1.23. The zero-order valence-corrected chi connectivity index (χ0v) is 9.04. The number of methoxy groups -OCH3 is 2. The van der Waals surface area contributed by atoms with E-state index in [-0.39, 0.29) is 10.6 Å². The van der Waals surface area contributed by atoms with Crippen LogP contribution in [0.1, 0.15) is 0 Å². The molecule has 15 heavy (non-hydrogen) atoms. The Morgan fingerprint density at radius 1 is 1.27 bits per heavy atom. The van der Waals surface area contributed by atoms with Gasteiger partial charge in [-0.15, -0.1) is 0 Å². The fourth-order valence-electron chi connectivity index (χ4n) is 1.04. The van der Waals surface area contributed by atoms with Gasteiger partial charge in [0.2, 0.25) is 0 Å². The Morgan fingerprint density at radius 3 is 2.40 bits per heavy atom. The van der Waals surface area contributed by atoms with Crippen LogP contribution in [-0.4, -0.2) is 22.6 Å². The van der Waals surface area contributed by atoms with Gasteiger partial charge in [-0.05, 0) is 12.1 Å². The van der Waals surface area contributed by atoms with Crippen LogP contribution in [0.3, 0.4) is 0 Å². The van der Waals surface area contributed by atoms with Crippen LogP contribution in [0, 0.1) is 10.7 Å². The van der Waals surface area contributed by atoms with Crippen LogP contribution in [0.2, 0.25) is 0 Å². The van der Waals surface area contributed by atoms with E-state index >= 15 is 0 Å². The van der Waals surface area contributed by atoms with E-state index in [1.165, 1.54) is 31.8 Å². The zero-order valence-electron chi connectivity index (χ0n) is 8.22. The van der Waals surface area contributed by atoms with Crippen molar-refractivity contribution in [1.29, 1.82) is 5.26 Å². The quantitative estimate of drug-likeness (QED) is 0.567. The normalized spacial score (nSPS) is 10.5. The summed E-state index contributed by atoms with van der Waals surface area (Å²) in [4.78, 5) is -0.188. The van der Waals surface area contributed by atoms with E-state index in [9.17, 15) is 8.42 Å². The molecule has 0 unspecified atom stereocenters. The Hall–Kier alpha value is -1.74. The van der Waals surface area contributed by atoms with Gasteiger partial charge in [0.15, 0.2) is 5.40 Å². The maximum Gasteiger partial charge on any atom is 0.273 e. The second kappa shape index (κ2) is 4.19. The fourth-order valence-corrected chi connectivity index (χ4v) is 1.83. The van der Waals surface area contributed by atoms with Crippen molar-refractivity contribution >= 4 is 9.84 Å². The highest BCUT2D eigenvalue weighted by Crippen LogP contribution is 2.28. The Balaban J connectivity index is 3.45. The van der Waals surface area contributed by atoms with Crippen molar-refractivity contribution < 1.29 is 17.9 Å². The molecular formula is C9H9NO4S. The summed E-state index contributed by atoms with van der Waals surface area (Å²) in [6.45, 7) is 0. The van der Waals surface area contributed by atoms with E-state index in [1.807, 2.05) is 0 Å². The lowest BCUT2D eigenvalue weighted by atomic mass is 10.3. The third-order valence-electron chi connectivity index (χ3n) is 1.78. The topological polar surface area (TPSA) is 76.4 Å². The summed E-state index contributed by atoms with van der Waals surface area (Å²) < 4.78 is 32.4. The number of nitrogens with zero attached hydrogens (tertiary/aromatic N) is 1. The van der Waals surface area contributed by atoms with E-state index in [0.717, 1.165) is 0 Å². The molecule has 0 amide bonds. The van der Waals surface area contributed by atoms with Gasteiger partial charge in [-0.3, -0.25) is 0 Å². The predicted molar refractivity (Wildman–Crippen MR) is 52.3 cm³/mol. The molecule has 0 radical (unpaired) electrons. The van der Waals surface area contributed by atoms with Crippen molar-refractivity contribution in [1.82, 2.24) is 0 Å². The molecule has 6 heteroatoms. The molecule has 0 fully saturated rings. The van der Waals surface area contributed by atoms with Gasteiger partial charge >= 0.3 is 0 Å². The Bertz CT molecular complexity index is 501. The number of benzene rings is 1. The lowest BCUT2D eigenvalue weighted by Crippen LogP contribution is -2.00. The van der Waals surface area contributed by atoms with Gasteiger partial charge in [0, 0.05) is 6.07 Å². The minimum absolute atomic E-state index is 0.123. The number of nitriles is 1. The lowest BCUT2D eigenvalue weighted by Gasteiger charge is -2.07. The summed E-state index contributed by atoms with van der Waals surface area (Å²) in [6.07, 6.45) is 0. The smallest absolute Gasteiger partial charge is 0.273 e. The van der Waals surface area contributed by atoms with Crippen LogP contribution < -0.4 is 9.47 Å². The molecule has 5 nitrogen and oxygen atoms in total. The summed E-state index contributed by atoms with van der Waals surface area (Å²) in [5.74, 6) is 0.474. The predicted octanol–water partition coefficient (Wildman–Crippen LogP) is 0.959. The van der Waals surface area contributed by atoms with Crippen molar-refractivity contribution in [2.45, 2.75) is 4.90 Å². The minimum Gasteiger partial charge on any atom is -0.497 e. The van der Waals surface area contributed by atoms with Gasteiger partial charge in [-0.2, -0.15) is 5.26 Å². The SMILES string of the molecule is COc1ccc(OC)c(S(=O)(=O)C#N)c1. The van der Waals surface area contributed by atoms with Gasteiger partial charge < -0.3 is 9.47 Å². The summed E-state index contributed by atoms with van der Waals surface area (Å²) in [6, 6.07) is 4.23. The lowest BCUT2D eigenvalue weighted by molar-refractivity contribution is 0.392. The third-order valence-corrected chi connectivity index (χ3v) is 2.92. The van der Waals surface area contributed by atoms with Crippen molar-refractivity contribution in [2.75, 3.05) is 14.2 Å². The zero-order chi connectivity index (χ0) is 11.5. The number of hydrogen-bond donors (Lipinski definition) is 0. The maximum absolute atomic E-state index is 11.4. The molecule has 0 saturated carbocycles. The standard InChI is InChI=1S/C9H9NO4S/c1-13-7-3-4-8(14-2)9(5-7)15(11,12)6-10/h3-5H,1-2H3. The molecule has 0 heterocycles. The molecule has 0 aliphatic carbocycles. The van der Waals surface area contributed by atoms with Crippen LogP contribution >= 0.6 is 0 Å². The first-order chi connectivity index (χ1) is 7.05. The molecule has 0 N–H and O–H groups in total. The van der Waals surface area contributed by atoms with Crippen LogP contribution in [0.4, 0.5) is 0 Å². The molecule has 0 spiro atoms. The third kappa shape index (κ3) is 2.19. The number of sulfone groups is 1. The monoisotopic (exact) mass is 227 g/mol. The molecule has 80 valence electrons. The Kier molecular flexibility index (Phi) is 3.17. The molecular weight excluding hydrogens is 218 g/mol. The number of thiocyanates is 1. The number of rotatable bonds is 3. The number of ether oxygens (including phenoxy) is 2. The first kappa shape index (κ1) is 11.3. The van der Waals surface area contributed by atoms with Gasteiger partial charge in [-0.25, -0.2) is 8.42 Å². The Labute approximate surface area is 87.8 Å². The highest BCUT2D eigenvalue weighted by Gasteiger charge is 2.19. The second-order valence-electron chi connectivity index (χ2n) is 2.61. The first-order valence-corrected chi connectivity index (χ1v) is 5.41. The van der Waals surface area contributed by atoms with Crippen LogP contribution in [0.15, 0.2) is 23.1 Å². The van der Waals surface area contributed by atoms with Gasteiger partial charge in [-0.1, -0.05) is 0 Å². The second-order valence-corrected chi connectivity index (χ2v) is 4.24. The summed E-state index contributed by atoms with van der Waals surface area (Å²) in [5.41, 5.74) is 0. The molecule has 0 saturated heterocycles. The van der Waals surface area contributed by atoms with Gasteiger partial charge in [0.1, 0.15) is 16.4 Å². The van der Waals surface area contributed by atoms with Crippen molar-refractivity contribution in [3.05, 3.63) is 18.2 Å². The molecule has 0 aliphatic heterocycles. The highest BCUT2D eigenvalue weighted by atomic mass is 32.2. The van der Waals surface area contributed by atoms with Crippen molar-refractivity contribution in [2.24, 2.45) is 0 Å². The molecule has 0 atom stereocenters. The first-order valence-electron chi connectivity index (χ1n) is 3.93. The molecule has 0 bridgehead atoms. The average Bonchev–Trinajstić information content (AvgIpc) is 2.28. The van der Waals surface area contributed by atoms with E-state index in [1.54, 1.807) is 6.07 Å². The highest BCUT2D eigenvalue weighted by molar-refractivity contribution is 7.96. The number of hydrogen-bond acceptors (Lipinski definition) is 5. The average molecular weight is 227 g/mol. The van der Waals surface area contributed by atoms with E-state index in [4.69, 9.17) is 14.7 Å². The molecule has 1 aromatic carbocycles. The Morgan fingerprint density at radius 2 is 1.93 bits per heavy atom. The van der Waals surface area contributed by atoms with Crippen LogP contribution in [0.25, 0.3) is 0 Å². The van der Waals surface area contributed by atoms with E-state index < -0.39 is 9.84 Å². The van der Waals surface area contributed by atoms with E-state index in [0.29, 0.717) is 5.75 Å². The van der Waals surface area contributed by atoms with Crippen molar-refractivity contribution in [3.8, 4) is 16.9 Å². The summed E-state index contributed by atoms with van der Waals surface area (Å²) in [5, 5.41) is 9.72. The molecule has 1 rings (SSSR count). The minimum atomic E-state index is -3.97. The van der Waals surface area contributed by atoms with E-state index in [2.05, 4.69) is 0 Å². The molecule has 0 aliphatic rings. The largest absolute Gasteiger partial charge is 0.497 e.